The Kier molecular flexibility index (Phi) is 1.29. The van der Waals surface area contributed by atoms with E-state index >= 15 is 0 Å². The third-order valence-corrected chi connectivity index (χ3v) is 1.26. The van der Waals surface area contributed by atoms with Gasteiger partial charge in [0, 0.05) is 7.05 Å². The van der Waals surface area contributed by atoms with Crippen molar-refractivity contribution in [2.75, 3.05) is 5.73 Å². The van der Waals surface area contributed by atoms with Gasteiger partial charge >= 0.3 is 0 Å². The monoisotopic (exact) mass is 166 g/mol. The third kappa shape index (κ3) is 1.00. The number of nitrogen functional groups attached to an aromatic ring is 1. The lowest BCUT2D eigenvalue weighted by Gasteiger charge is -1.79. The number of aromatic nitrogens is 5. The first-order chi connectivity index (χ1) is 5.75. The summed E-state index contributed by atoms with van der Waals surface area (Å²) in [6.07, 6.45) is 1.66. The van der Waals surface area contributed by atoms with Gasteiger partial charge in [-0.3, -0.25) is 4.68 Å². The van der Waals surface area contributed by atoms with Crippen LogP contribution in [-0.2, 0) is 7.05 Å². The Bertz CT molecular complexity index is 352. The standard InChI is InChI=1S/C5H6N6O/c1-11-2-3(8-10-11)4-7-5(6)9-12-4/h2H,1H3,(H2,6,9). The Balaban J connectivity index is 2.43. The minimum absolute atomic E-state index is 0.0932. The molecule has 2 rings (SSSR count). The fourth-order valence-electron chi connectivity index (χ4n) is 0.784. The van der Waals surface area contributed by atoms with Gasteiger partial charge < -0.3 is 10.3 Å². The summed E-state index contributed by atoms with van der Waals surface area (Å²) in [5, 5.41) is 10.9. The van der Waals surface area contributed by atoms with Gasteiger partial charge in [0.15, 0.2) is 5.69 Å². The fourth-order valence-corrected chi connectivity index (χ4v) is 0.784. The highest BCUT2D eigenvalue weighted by molar-refractivity contribution is 5.45. The van der Waals surface area contributed by atoms with Crippen molar-refractivity contribution in [2.45, 2.75) is 0 Å². The van der Waals surface area contributed by atoms with Crippen LogP contribution in [0.2, 0.25) is 0 Å². The number of aryl methyl sites for hydroxylation is 1. The summed E-state index contributed by atoms with van der Waals surface area (Å²) in [7, 11) is 1.75. The topological polar surface area (TPSA) is 95.7 Å². The van der Waals surface area contributed by atoms with Gasteiger partial charge in [0.25, 0.3) is 11.8 Å². The highest BCUT2D eigenvalue weighted by Gasteiger charge is 2.09. The van der Waals surface area contributed by atoms with Crippen molar-refractivity contribution in [3.63, 3.8) is 0 Å². The lowest BCUT2D eigenvalue weighted by atomic mass is 10.5. The maximum absolute atomic E-state index is 5.25. The van der Waals surface area contributed by atoms with Crippen LogP contribution in [0.3, 0.4) is 0 Å². The first-order valence-corrected chi connectivity index (χ1v) is 3.21. The van der Waals surface area contributed by atoms with Gasteiger partial charge in [-0.05, 0) is 5.16 Å². The Labute approximate surface area is 67.2 Å². The Hall–Kier alpha value is -1.92. The second kappa shape index (κ2) is 2.29. The predicted octanol–water partition coefficient (Wildman–Crippen LogP) is -0.553. The molecule has 0 bridgehead atoms. The molecule has 0 fully saturated rings. The Morgan fingerprint density at radius 1 is 1.58 bits per heavy atom. The number of anilines is 1. The normalized spacial score (nSPS) is 10.4. The van der Waals surface area contributed by atoms with Crippen LogP contribution in [0.25, 0.3) is 11.6 Å². The van der Waals surface area contributed by atoms with Gasteiger partial charge in [0.2, 0.25) is 0 Å². The smallest absolute Gasteiger partial charge is 0.281 e. The number of nitrogens with zero attached hydrogens (tertiary/aromatic N) is 5. The summed E-state index contributed by atoms with van der Waals surface area (Å²) in [6, 6.07) is 0. The highest BCUT2D eigenvalue weighted by Crippen LogP contribution is 2.12. The quantitative estimate of drug-likeness (QED) is 0.610. The molecule has 0 unspecified atom stereocenters. The molecule has 0 aliphatic carbocycles. The summed E-state index contributed by atoms with van der Waals surface area (Å²) >= 11 is 0. The summed E-state index contributed by atoms with van der Waals surface area (Å²) in [6.45, 7) is 0. The van der Waals surface area contributed by atoms with E-state index < -0.39 is 0 Å². The van der Waals surface area contributed by atoms with Gasteiger partial charge in [-0.2, -0.15) is 4.98 Å². The molecule has 0 spiro atoms. The molecule has 62 valence electrons. The van der Waals surface area contributed by atoms with Gasteiger partial charge in [-0.25, -0.2) is 0 Å². The van der Waals surface area contributed by atoms with Gasteiger partial charge in [-0.1, -0.05) is 5.21 Å². The largest absolute Gasteiger partial charge is 0.365 e. The maximum atomic E-state index is 5.25. The molecule has 7 nitrogen and oxygen atoms in total. The van der Waals surface area contributed by atoms with E-state index in [0.29, 0.717) is 5.69 Å². The van der Waals surface area contributed by atoms with Crippen molar-refractivity contribution in [3.8, 4) is 11.6 Å². The van der Waals surface area contributed by atoms with Crippen molar-refractivity contribution in [1.82, 2.24) is 25.1 Å². The molecular formula is C5H6N6O. The Morgan fingerprint density at radius 2 is 2.42 bits per heavy atom. The molecule has 0 amide bonds. The van der Waals surface area contributed by atoms with Crippen LogP contribution in [0.1, 0.15) is 0 Å². The molecule has 0 aromatic carbocycles. The molecule has 0 aliphatic rings. The zero-order valence-corrected chi connectivity index (χ0v) is 6.30. The van der Waals surface area contributed by atoms with Crippen molar-refractivity contribution in [1.29, 1.82) is 0 Å². The lowest BCUT2D eigenvalue weighted by Crippen LogP contribution is -1.85. The van der Waals surface area contributed by atoms with Gasteiger partial charge in [-0.15, -0.1) is 5.10 Å². The van der Waals surface area contributed by atoms with Crippen LogP contribution >= 0.6 is 0 Å². The molecule has 12 heavy (non-hydrogen) atoms. The molecule has 2 aromatic rings. The minimum Gasteiger partial charge on any atom is -0.365 e. The highest BCUT2D eigenvalue weighted by atomic mass is 16.5. The van der Waals surface area contributed by atoms with Crippen molar-refractivity contribution in [3.05, 3.63) is 6.20 Å². The fraction of sp³-hybridized carbons (Fsp3) is 0.200. The van der Waals surface area contributed by atoms with E-state index in [4.69, 9.17) is 10.3 Å². The van der Waals surface area contributed by atoms with Crippen LogP contribution in [0.15, 0.2) is 10.7 Å². The summed E-state index contributed by atoms with van der Waals surface area (Å²) in [5.41, 5.74) is 5.77. The van der Waals surface area contributed by atoms with Crippen LogP contribution in [0, 0.1) is 0 Å². The zero-order valence-electron chi connectivity index (χ0n) is 6.30. The van der Waals surface area contributed by atoms with Crippen LogP contribution < -0.4 is 5.73 Å². The van der Waals surface area contributed by atoms with E-state index in [2.05, 4.69) is 20.5 Å². The molecule has 2 aromatic heterocycles. The molecule has 0 saturated carbocycles. The molecule has 0 atom stereocenters. The summed E-state index contributed by atoms with van der Waals surface area (Å²) in [5.74, 6) is 0.372. The summed E-state index contributed by atoms with van der Waals surface area (Å²) in [4.78, 5) is 3.78. The van der Waals surface area contributed by atoms with Crippen molar-refractivity contribution < 1.29 is 4.52 Å². The van der Waals surface area contributed by atoms with E-state index in [9.17, 15) is 0 Å². The maximum Gasteiger partial charge on any atom is 0.281 e. The van der Waals surface area contributed by atoms with Gasteiger partial charge in [0.05, 0.1) is 6.20 Å². The van der Waals surface area contributed by atoms with Gasteiger partial charge in [0.1, 0.15) is 0 Å². The van der Waals surface area contributed by atoms with Crippen LogP contribution in [0.5, 0.6) is 0 Å². The van der Waals surface area contributed by atoms with Crippen molar-refractivity contribution >= 4 is 5.95 Å². The molecule has 0 aliphatic heterocycles. The summed E-state index contributed by atoms with van der Waals surface area (Å²) < 4.78 is 6.30. The number of hydrogen-bond donors (Lipinski definition) is 1. The SMILES string of the molecule is Cn1cc(-c2nc(N)no2)nn1. The number of rotatable bonds is 1. The average Bonchev–Trinajstić information content (AvgIpc) is 2.58. The first-order valence-electron chi connectivity index (χ1n) is 3.21. The van der Waals surface area contributed by atoms with Crippen molar-refractivity contribution in [2.24, 2.45) is 7.05 Å². The van der Waals surface area contributed by atoms with Crippen LogP contribution in [-0.4, -0.2) is 25.1 Å². The molecule has 0 radical (unpaired) electrons. The molecule has 0 saturated heterocycles. The second-order valence-corrected chi connectivity index (χ2v) is 2.24. The molecular weight excluding hydrogens is 160 g/mol. The van der Waals surface area contributed by atoms with E-state index in [0.717, 1.165) is 0 Å². The minimum atomic E-state index is 0.0932. The molecule has 2 N–H and O–H groups in total. The molecule has 7 heteroatoms. The van der Waals surface area contributed by atoms with E-state index in [-0.39, 0.29) is 11.8 Å². The van der Waals surface area contributed by atoms with E-state index in [1.807, 2.05) is 0 Å². The number of hydrogen-bond acceptors (Lipinski definition) is 6. The van der Waals surface area contributed by atoms with E-state index in [1.165, 1.54) is 4.68 Å². The van der Waals surface area contributed by atoms with E-state index in [1.54, 1.807) is 13.2 Å². The van der Waals surface area contributed by atoms with Crippen LogP contribution in [0.4, 0.5) is 5.95 Å². The zero-order chi connectivity index (χ0) is 8.55. The molecule has 2 heterocycles. The average molecular weight is 166 g/mol. The second-order valence-electron chi connectivity index (χ2n) is 2.24. The Morgan fingerprint density at radius 3 is 2.92 bits per heavy atom. The predicted molar refractivity (Wildman–Crippen MR) is 38.7 cm³/mol. The third-order valence-electron chi connectivity index (χ3n) is 1.26. The first kappa shape index (κ1) is 6.77. The lowest BCUT2D eigenvalue weighted by molar-refractivity contribution is 0.431. The number of nitrogens with two attached hydrogens (primary N) is 1.